The monoisotopic (exact) mass is 388 g/mol. The van der Waals surface area contributed by atoms with Crippen LogP contribution in [0.25, 0.3) is 0 Å². The Balaban J connectivity index is 0.00000208. The van der Waals surface area contributed by atoms with Crippen molar-refractivity contribution in [2.75, 3.05) is 24.5 Å². The molecule has 1 aliphatic heterocycles. The maximum absolute atomic E-state index is 13.1. The summed E-state index contributed by atoms with van der Waals surface area (Å²) in [5, 5.41) is 3.51. The molecule has 130 valence electrons. The number of nitrogens with zero attached hydrogens (tertiary/aromatic N) is 1. The molecule has 0 unspecified atom stereocenters. The predicted molar refractivity (Wildman–Crippen MR) is 97.9 cm³/mol. The van der Waals surface area contributed by atoms with Crippen molar-refractivity contribution in [1.82, 2.24) is 5.32 Å². The highest BCUT2D eigenvalue weighted by atomic mass is 35.5. The number of rotatable bonds is 3. The topological polar surface area (TPSA) is 58.6 Å². The molecule has 0 bridgehead atoms. The fourth-order valence-corrected chi connectivity index (χ4v) is 4.46. The predicted octanol–water partition coefficient (Wildman–Crippen LogP) is 3.07. The highest BCUT2D eigenvalue weighted by molar-refractivity contribution is 7.92. The van der Waals surface area contributed by atoms with Crippen molar-refractivity contribution >= 4 is 39.7 Å². The molecule has 0 spiro atoms. The minimum Gasteiger partial charge on any atom is -0.495 e. The molecule has 2 aromatic carbocycles. The molecule has 0 atom stereocenters. The molecule has 24 heavy (non-hydrogen) atoms. The van der Waals surface area contributed by atoms with Crippen LogP contribution in [0, 0.1) is 0 Å². The third-order valence-electron chi connectivity index (χ3n) is 3.78. The second-order valence-electron chi connectivity index (χ2n) is 5.18. The lowest BCUT2D eigenvalue weighted by molar-refractivity contribution is 0.414. The third-order valence-corrected chi connectivity index (χ3v) is 5.88. The van der Waals surface area contributed by atoms with Gasteiger partial charge in [0.1, 0.15) is 5.75 Å². The van der Waals surface area contributed by atoms with Crippen LogP contribution in [-0.4, -0.2) is 28.6 Å². The van der Waals surface area contributed by atoms with E-state index in [1.807, 2.05) is 24.3 Å². The summed E-state index contributed by atoms with van der Waals surface area (Å²) in [5.41, 5.74) is 1.65. The first-order valence-corrected chi connectivity index (χ1v) is 9.01. The van der Waals surface area contributed by atoms with Gasteiger partial charge in [0.2, 0.25) is 0 Å². The zero-order chi connectivity index (χ0) is 16.4. The minimum absolute atomic E-state index is 0. The van der Waals surface area contributed by atoms with Crippen molar-refractivity contribution in [3.63, 3.8) is 0 Å². The molecule has 1 aliphatic rings. The van der Waals surface area contributed by atoms with Gasteiger partial charge in [-0.25, -0.2) is 8.42 Å². The molecule has 5 nitrogen and oxygen atoms in total. The van der Waals surface area contributed by atoms with Crippen LogP contribution in [0.4, 0.5) is 5.69 Å². The Morgan fingerprint density at radius 1 is 1.21 bits per heavy atom. The van der Waals surface area contributed by atoms with Crippen LogP contribution in [0.1, 0.15) is 5.56 Å². The molecule has 0 aromatic heterocycles. The van der Waals surface area contributed by atoms with Gasteiger partial charge in [-0.1, -0.05) is 29.8 Å². The number of anilines is 1. The Bertz CT molecular complexity index is 828. The summed E-state index contributed by atoms with van der Waals surface area (Å²) in [4.78, 5) is 0.153. The van der Waals surface area contributed by atoms with Crippen LogP contribution in [-0.2, 0) is 16.6 Å². The lowest BCUT2D eigenvalue weighted by Crippen LogP contribution is -2.34. The highest BCUT2D eigenvalue weighted by Crippen LogP contribution is 2.32. The number of fused-ring (bicyclic) bond motifs is 1. The maximum atomic E-state index is 13.1. The molecule has 2 aromatic rings. The smallest absolute Gasteiger partial charge is 0.264 e. The second-order valence-corrected chi connectivity index (χ2v) is 7.45. The van der Waals surface area contributed by atoms with Crippen LogP contribution in [0.15, 0.2) is 47.4 Å². The van der Waals surface area contributed by atoms with Crippen molar-refractivity contribution in [2.45, 2.75) is 11.4 Å². The number of ether oxygens (including phenoxy) is 1. The Kier molecular flexibility index (Phi) is 5.98. The summed E-state index contributed by atoms with van der Waals surface area (Å²) in [6.07, 6.45) is 0. The number of halogens is 2. The summed E-state index contributed by atoms with van der Waals surface area (Å²) in [6.45, 7) is 1.59. The number of benzene rings is 2. The van der Waals surface area contributed by atoms with Crippen molar-refractivity contribution < 1.29 is 13.2 Å². The zero-order valence-corrected chi connectivity index (χ0v) is 15.4. The van der Waals surface area contributed by atoms with E-state index in [9.17, 15) is 8.42 Å². The number of hydrogen-bond acceptors (Lipinski definition) is 4. The molecule has 0 saturated carbocycles. The summed E-state index contributed by atoms with van der Waals surface area (Å²) < 4.78 is 32.6. The molecule has 0 amide bonds. The van der Waals surface area contributed by atoms with Crippen LogP contribution in [0.5, 0.6) is 5.75 Å². The number of nitrogens with one attached hydrogen (secondary N) is 1. The minimum atomic E-state index is -3.69. The fourth-order valence-electron chi connectivity index (χ4n) is 2.61. The Morgan fingerprint density at radius 2 is 1.96 bits per heavy atom. The van der Waals surface area contributed by atoms with E-state index in [-0.39, 0.29) is 22.3 Å². The van der Waals surface area contributed by atoms with Gasteiger partial charge in [-0.05, 0) is 29.8 Å². The highest BCUT2D eigenvalue weighted by Gasteiger charge is 2.28. The molecule has 1 N–H and O–H groups in total. The molecular formula is C16H18Cl2N2O3S. The second kappa shape index (κ2) is 7.61. The van der Waals surface area contributed by atoms with Gasteiger partial charge < -0.3 is 10.1 Å². The van der Waals surface area contributed by atoms with E-state index in [0.29, 0.717) is 31.1 Å². The van der Waals surface area contributed by atoms with E-state index in [0.717, 1.165) is 5.56 Å². The molecule has 1 heterocycles. The van der Waals surface area contributed by atoms with Gasteiger partial charge in [0.25, 0.3) is 10.0 Å². The molecule has 3 rings (SSSR count). The van der Waals surface area contributed by atoms with Gasteiger partial charge in [-0.2, -0.15) is 0 Å². The SMILES string of the molecule is COc1ccc(S(=O)(=O)N2CCNCc3ccccc32)cc1Cl.Cl. The number of methoxy groups -OCH3 is 1. The molecule has 0 aliphatic carbocycles. The first-order chi connectivity index (χ1) is 11.0. The molecule has 8 heteroatoms. The first-order valence-electron chi connectivity index (χ1n) is 7.19. The summed E-state index contributed by atoms with van der Waals surface area (Å²) in [7, 11) is -2.20. The standard InChI is InChI=1S/C16H17ClN2O3S.ClH/c1-22-16-7-6-13(10-14(16)17)23(20,21)19-9-8-18-11-12-4-2-3-5-15(12)19;/h2-7,10,18H,8-9,11H2,1H3;1H. The third kappa shape index (κ3) is 3.47. The van der Waals surface area contributed by atoms with Crippen molar-refractivity contribution in [3.8, 4) is 5.75 Å². The maximum Gasteiger partial charge on any atom is 0.264 e. The molecular weight excluding hydrogens is 371 g/mol. The zero-order valence-electron chi connectivity index (χ0n) is 13.0. The van der Waals surface area contributed by atoms with E-state index in [2.05, 4.69) is 5.32 Å². The van der Waals surface area contributed by atoms with E-state index in [4.69, 9.17) is 16.3 Å². The summed E-state index contributed by atoms with van der Waals surface area (Å²) >= 11 is 6.09. The first kappa shape index (κ1) is 18.9. The molecule has 0 radical (unpaired) electrons. The summed E-state index contributed by atoms with van der Waals surface area (Å²) in [6, 6.07) is 12.0. The van der Waals surface area contributed by atoms with E-state index >= 15 is 0 Å². The Hall–Kier alpha value is -1.47. The average Bonchev–Trinajstić information content (AvgIpc) is 2.77. The van der Waals surface area contributed by atoms with Crippen LogP contribution >= 0.6 is 24.0 Å². The van der Waals surface area contributed by atoms with Gasteiger partial charge in [-0.15, -0.1) is 12.4 Å². The van der Waals surface area contributed by atoms with Gasteiger partial charge in [0.05, 0.1) is 22.7 Å². The lowest BCUT2D eigenvalue weighted by Gasteiger charge is -2.24. The number of sulfonamides is 1. The number of para-hydroxylation sites is 1. The van der Waals surface area contributed by atoms with Gasteiger partial charge in [-0.3, -0.25) is 4.31 Å². The molecule has 0 fully saturated rings. The van der Waals surface area contributed by atoms with E-state index < -0.39 is 10.0 Å². The number of hydrogen-bond donors (Lipinski definition) is 1. The normalized spacial score (nSPS) is 14.3. The van der Waals surface area contributed by atoms with E-state index in [1.54, 1.807) is 6.07 Å². The van der Waals surface area contributed by atoms with Crippen LogP contribution < -0.4 is 14.4 Å². The largest absolute Gasteiger partial charge is 0.495 e. The Morgan fingerprint density at radius 3 is 2.67 bits per heavy atom. The summed E-state index contributed by atoms with van der Waals surface area (Å²) in [5.74, 6) is 0.448. The van der Waals surface area contributed by atoms with Crippen molar-refractivity contribution in [1.29, 1.82) is 0 Å². The average molecular weight is 389 g/mol. The van der Waals surface area contributed by atoms with Gasteiger partial charge >= 0.3 is 0 Å². The lowest BCUT2D eigenvalue weighted by atomic mass is 10.2. The van der Waals surface area contributed by atoms with E-state index in [1.165, 1.54) is 23.5 Å². The quantitative estimate of drug-likeness (QED) is 0.877. The van der Waals surface area contributed by atoms with Gasteiger partial charge in [0.15, 0.2) is 0 Å². The Labute approximate surface area is 153 Å². The molecule has 0 saturated heterocycles. The fraction of sp³-hybridized carbons (Fsp3) is 0.250. The van der Waals surface area contributed by atoms with Crippen LogP contribution in [0.2, 0.25) is 5.02 Å². The van der Waals surface area contributed by atoms with Crippen molar-refractivity contribution in [3.05, 3.63) is 53.1 Å². The van der Waals surface area contributed by atoms with Crippen molar-refractivity contribution in [2.24, 2.45) is 0 Å². The van der Waals surface area contributed by atoms with Crippen LogP contribution in [0.3, 0.4) is 0 Å². The van der Waals surface area contributed by atoms with Gasteiger partial charge in [0, 0.05) is 19.6 Å².